The van der Waals surface area contributed by atoms with E-state index in [4.69, 9.17) is 23.7 Å². The summed E-state index contributed by atoms with van der Waals surface area (Å²) in [6.07, 6.45) is 0. The van der Waals surface area contributed by atoms with Crippen molar-refractivity contribution in [2.45, 2.75) is 6.92 Å². The van der Waals surface area contributed by atoms with E-state index < -0.39 is 0 Å². The third kappa shape index (κ3) is 5.70. The molecular formula is C30H28N4O7S. The summed E-state index contributed by atoms with van der Waals surface area (Å²) in [4.78, 5) is 29.7. The number of thiazole rings is 1. The zero-order chi connectivity index (χ0) is 29.8. The standard InChI is InChI=1S/C30H28N4O7S/c1-17(35)34-22(15-21(33-34)19-13-25(38-3)29(40-5)26(14-19)39-4)18-10-11-23(37-2)24(12-18)41-16-28(36)32-30-31-20-8-6-7-9-27(20)42-30/h6-15H,16H2,1-5H3,(H,31,32,36). The number of aromatic nitrogens is 3. The van der Waals surface area contributed by atoms with Gasteiger partial charge in [0, 0.05) is 18.1 Å². The molecule has 216 valence electrons. The van der Waals surface area contributed by atoms with Gasteiger partial charge in [-0.2, -0.15) is 9.78 Å². The molecule has 0 fully saturated rings. The molecule has 0 saturated carbocycles. The van der Waals surface area contributed by atoms with Gasteiger partial charge in [-0.25, -0.2) is 4.98 Å². The maximum Gasteiger partial charge on any atom is 0.264 e. The quantitative estimate of drug-likeness (QED) is 0.224. The van der Waals surface area contributed by atoms with E-state index in [1.807, 2.05) is 24.3 Å². The van der Waals surface area contributed by atoms with Crippen LogP contribution in [0.5, 0.6) is 28.7 Å². The van der Waals surface area contributed by atoms with Gasteiger partial charge < -0.3 is 23.7 Å². The van der Waals surface area contributed by atoms with Crippen LogP contribution in [-0.4, -0.2) is 61.6 Å². The lowest BCUT2D eigenvalue weighted by atomic mass is 10.1. The molecule has 2 heterocycles. The summed E-state index contributed by atoms with van der Waals surface area (Å²) >= 11 is 1.38. The van der Waals surface area contributed by atoms with Crippen LogP contribution in [0.2, 0.25) is 0 Å². The van der Waals surface area contributed by atoms with Gasteiger partial charge in [0.1, 0.15) is 0 Å². The van der Waals surface area contributed by atoms with Crippen molar-refractivity contribution in [1.29, 1.82) is 0 Å². The number of nitrogens with zero attached hydrogens (tertiary/aromatic N) is 3. The van der Waals surface area contributed by atoms with Crippen LogP contribution in [-0.2, 0) is 4.79 Å². The van der Waals surface area contributed by atoms with Crippen LogP contribution >= 0.6 is 11.3 Å². The molecule has 1 N–H and O–H groups in total. The average Bonchev–Trinajstić information content (AvgIpc) is 3.63. The number of benzene rings is 3. The van der Waals surface area contributed by atoms with Crippen molar-refractivity contribution in [1.82, 2.24) is 14.8 Å². The molecular weight excluding hydrogens is 560 g/mol. The number of amides is 1. The molecule has 12 heteroatoms. The van der Waals surface area contributed by atoms with E-state index in [2.05, 4.69) is 15.4 Å². The summed E-state index contributed by atoms with van der Waals surface area (Å²) < 4.78 is 29.9. The lowest BCUT2D eigenvalue weighted by Gasteiger charge is -2.13. The third-order valence-corrected chi connectivity index (χ3v) is 7.28. The largest absolute Gasteiger partial charge is 0.493 e. The first-order chi connectivity index (χ1) is 20.3. The van der Waals surface area contributed by atoms with Crippen LogP contribution in [0.1, 0.15) is 11.7 Å². The van der Waals surface area contributed by atoms with Crippen LogP contribution in [0, 0.1) is 0 Å². The highest BCUT2D eigenvalue weighted by atomic mass is 32.1. The number of nitrogens with one attached hydrogen (secondary N) is 1. The second-order valence-corrected chi connectivity index (χ2v) is 9.98. The van der Waals surface area contributed by atoms with Gasteiger partial charge in [-0.05, 0) is 48.5 Å². The summed E-state index contributed by atoms with van der Waals surface area (Å²) in [5, 5.41) is 7.80. The molecule has 11 nitrogen and oxygen atoms in total. The Morgan fingerprint density at radius 2 is 1.52 bits per heavy atom. The number of methoxy groups -OCH3 is 4. The highest BCUT2D eigenvalue weighted by molar-refractivity contribution is 7.22. The Hall–Kier alpha value is -5.10. The molecule has 3 aromatic carbocycles. The van der Waals surface area contributed by atoms with Crippen LogP contribution in [0.25, 0.3) is 32.7 Å². The van der Waals surface area contributed by atoms with Crippen molar-refractivity contribution >= 4 is 38.5 Å². The molecule has 0 atom stereocenters. The Labute approximate surface area is 245 Å². The van der Waals surface area contributed by atoms with Crippen LogP contribution in [0.3, 0.4) is 0 Å². The zero-order valence-corrected chi connectivity index (χ0v) is 24.4. The summed E-state index contributed by atoms with van der Waals surface area (Å²) in [5.41, 5.74) is 3.10. The number of ether oxygens (including phenoxy) is 5. The number of anilines is 1. The van der Waals surface area contributed by atoms with Crippen LogP contribution < -0.4 is 29.0 Å². The third-order valence-electron chi connectivity index (χ3n) is 6.33. The fourth-order valence-corrected chi connectivity index (χ4v) is 5.25. The maximum absolute atomic E-state index is 12.7. The molecule has 5 rings (SSSR count). The number of para-hydroxylation sites is 1. The van der Waals surface area contributed by atoms with E-state index in [1.54, 1.807) is 36.4 Å². The highest BCUT2D eigenvalue weighted by Crippen LogP contribution is 2.42. The molecule has 5 aromatic rings. The Balaban J connectivity index is 1.43. The molecule has 0 unspecified atom stereocenters. The number of hydrogen-bond donors (Lipinski definition) is 1. The number of hydrogen-bond acceptors (Lipinski definition) is 10. The molecule has 0 aliphatic rings. The van der Waals surface area contributed by atoms with Gasteiger partial charge in [0.2, 0.25) is 11.7 Å². The molecule has 0 saturated heterocycles. The number of rotatable bonds is 10. The average molecular weight is 589 g/mol. The minimum atomic E-state index is -0.375. The second kappa shape index (κ2) is 12.2. The molecule has 0 aliphatic heterocycles. The Bertz CT molecular complexity index is 1720. The SMILES string of the molecule is COc1ccc(-c2cc(-c3cc(OC)c(OC)c(OC)c3)nn2C(C)=O)cc1OCC(=O)Nc1nc2ccccc2s1. The molecule has 1 amide bonds. The fraction of sp³-hybridized carbons (Fsp3) is 0.200. The van der Waals surface area contributed by atoms with Crippen molar-refractivity contribution in [2.75, 3.05) is 40.4 Å². The van der Waals surface area contributed by atoms with Crippen molar-refractivity contribution in [3.8, 4) is 51.3 Å². The first-order valence-corrected chi connectivity index (χ1v) is 13.5. The van der Waals surface area contributed by atoms with Crippen molar-refractivity contribution < 1.29 is 33.3 Å². The monoisotopic (exact) mass is 588 g/mol. The van der Waals surface area contributed by atoms with Gasteiger partial charge in [0.15, 0.2) is 34.7 Å². The topological polar surface area (TPSA) is 123 Å². The Kier molecular flexibility index (Phi) is 8.25. The molecule has 0 bridgehead atoms. The van der Waals surface area contributed by atoms with Crippen molar-refractivity contribution in [2.24, 2.45) is 0 Å². The fourth-order valence-electron chi connectivity index (χ4n) is 4.37. The normalized spacial score (nSPS) is 10.8. The maximum atomic E-state index is 12.7. The number of fused-ring (bicyclic) bond motifs is 1. The lowest BCUT2D eigenvalue weighted by Crippen LogP contribution is -2.20. The van der Waals surface area contributed by atoms with Crippen LogP contribution in [0.15, 0.2) is 60.7 Å². The van der Waals surface area contributed by atoms with Crippen molar-refractivity contribution in [3.05, 3.63) is 60.7 Å². The number of carbonyl (C=O) groups is 2. The smallest absolute Gasteiger partial charge is 0.264 e. The first kappa shape index (κ1) is 28.4. The minimum absolute atomic E-state index is 0.279. The van der Waals surface area contributed by atoms with E-state index >= 15 is 0 Å². The lowest BCUT2D eigenvalue weighted by molar-refractivity contribution is -0.118. The van der Waals surface area contributed by atoms with Gasteiger partial charge in [0.25, 0.3) is 5.91 Å². The van der Waals surface area contributed by atoms with Gasteiger partial charge in [-0.1, -0.05) is 23.5 Å². The molecule has 2 aromatic heterocycles. The van der Waals surface area contributed by atoms with Gasteiger partial charge >= 0.3 is 0 Å². The Morgan fingerprint density at radius 3 is 2.17 bits per heavy atom. The molecule has 0 aliphatic carbocycles. The summed E-state index contributed by atoms with van der Waals surface area (Å²) in [6.45, 7) is 1.14. The van der Waals surface area contributed by atoms with Gasteiger partial charge in [0.05, 0.1) is 50.0 Å². The number of carbonyl (C=O) groups excluding carboxylic acids is 2. The first-order valence-electron chi connectivity index (χ1n) is 12.7. The van der Waals surface area contributed by atoms with Crippen molar-refractivity contribution in [3.63, 3.8) is 0 Å². The van der Waals surface area contributed by atoms with E-state index in [0.29, 0.717) is 56.4 Å². The minimum Gasteiger partial charge on any atom is -0.493 e. The summed E-state index contributed by atoms with van der Waals surface area (Å²) in [7, 11) is 6.08. The molecule has 42 heavy (non-hydrogen) atoms. The zero-order valence-electron chi connectivity index (χ0n) is 23.6. The predicted molar refractivity (Wildman–Crippen MR) is 159 cm³/mol. The summed E-state index contributed by atoms with van der Waals surface area (Å²) in [6, 6.07) is 18.1. The molecule has 0 radical (unpaired) electrons. The van der Waals surface area contributed by atoms with Crippen LogP contribution in [0.4, 0.5) is 5.13 Å². The van der Waals surface area contributed by atoms with Gasteiger partial charge in [-0.3, -0.25) is 14.9 Å². The van der Waals surface area contributed by atoms with E-state index in [-0.39, 0.29) is 18.4 Å². The van der Waals surface area contributed by atoms with E-state index in [1.165, 1.54) is 51.4 Å². The van der Waals surface area contributed by atoms with E-state index in [0.717, 1.165) is 10.2 Å². The highest BCUT2D eigenvalue weighted by Gasteiger charge is 2.20. The predicted octanol–water partition coefficient (Wildman–Crippen LogP) is 5.54. The molecule has 0 spiro atoms. The van der Waals surface area contributed by atoms with Gasteiger partial charge in [-0.15, -0.1) is 0 Å². The summed E-state index contributed by atoms with van der Waals surface area (Å²) in [5.74, 6) is 1.42. The second-order valence-electron chi connectivity index (χ2n) is 8.95. The Morgan fingerprint density at radius 1 is 0.833 bits per heavy atom. The van der Waals surface area contributed by atoms with E-state index in [9.17, 15) is 9.59 Å².